The average Bonchev–Trinajstić information content (AvgIpc) is 3.41. The van der Waals surface area contributed by atoms with Crippen molar-refractivity contribution in [2.75, 3.05) is 11.6 Å². The van der Waals surface area contributed by atoms with Gasteiger partial charge in [0.05, 0.1) is 39.0 Å². The van der Waals surface area contributed by atoms with Gasteiger partial charge in [0.25, 0.3) is 0 Å². The van der Waals surface area contributed by atoms with Gasteiger partial charge >= 0.3 is 0 Å². The Morgan fingerprint density at radius 3 is 2.47 bits per heavy atom. The van der Waals surface area contributed by atoms with E-state index >= 15 is 0 Å². The van der Waals surface area contributed by atoms with Crippen LogP contribution >= 0.6 is 11.3 Å². The molecule has 1 aliphatic heterocycles. The molecule has 4 aromatic rings. The van der Waals surface area contributed by atoms with Crippen LogP contribution < -0.4 is 5.32 Å². The Bertz CT molecular complexity index is 1640. The van der Waals surface area contributed by atoms with Crippen molar-refractivity contribution in [3.05, 3.63) is 70.0 Å². The van der Waals surface area contributed by atoms with Crippen LogP contribution in [0.15, 0.2) is 45.7 Å². The number of hydrogen-bond donors (Lipinski definition) is 1. The fraction of sp³-hybridized carbons (Fsp3) is 0.269. The Kier molecular flexibility index (Phi) is 6.17. The highest BCUT2D eigenvalue weighted by molar-refractivity contribution is 7.90. The first-order valence-corrected chi connectivity index (χ1v) is 14.2. The molecule has 0 bridgehead atoms. The first-order chi connectivity index (χ1) is 17.1. The molecule has 0 unspecified atom stereocenters. The maximum absolute atomic E-state index is 12.8. The van der Waals surface area contributed by atoms with Gasteiger partial charge in [0, 0.05) is 53.3 Å². The predicted molar refractivity (Wildman–Crippen MR) is 144 cm³/mol. The highest BCUT2D eigenvalue weighted by Gasteiger charge is 2.22. The maximum Gasteiger partial charge on any atom is 0.177 e. The number of rotatable bonds is 6. The number of aliphatic imine (C=N–C) groups is 1. The number of hydrogen-bond acceptors (Lipinski definition) is 9. The fourth-order valence-electron chi connectivity index (χ4n) is 4.11. The Hall–Kier alpha value is -3.50. The van der Waals surface area contributed by atoms with E-state index in [4.69, 9.17) is 4.98 Å². The van der Waals surface area contributed by atoms with Gasteiger partial charge in [0.2, 0.25) is 0 Å². The number of sulfone groups is 1. The summed E-state index contributed by atoms with van der Waals surface area (Å²) in [6.07, 6.45) is 4.15. The molecule has 1 N–H and O–H groups in total. The van der Waals surface area contributed by atoms with Crippen LogP contribution in [0.4, 0.5) is 17.1 Å². The van der Waals surface area contributed by atoms with E-state index in [0.29, 0.717) is 24.2 Å². The van der Waals surface area contributed by atoms with Gasteiger partial charge in [-0.2, -0.15) is 0 Å². The molecule has 0 saturated carbocycles. The topological polar surface area (TPSA) is 110 Å². The highest BCUT2D eigenvalue weighted by atomic mass is 32.2. The fourth-order valence-corrected chi connectivity index (χ4v) is 5.77. The second-order valence-corrected chi connectivity index (χ2v) is 11.9. The molecule has 4 heterocycles. The summed E-state index contributed by atoms with van der Waals surface area (Å²) < 4.78 is 25.5. The van der Waals surface area contributed by atoms with E-state index in [0.717, 1.165) is 56.1 Å². The minimum absolute atomic E-state index is 0.207. The van der Waals surface area contributed by atoms with Crippen LogP contribution in [0.3, 0.4) is 0 Å². The van der Waals surface area contributed by atoms with E-state index in [-0.39, 0.29) is 4.90 Å². The molecular weight excluding hydrogens is 492 g/mol. The van der Waals surface area contributed by atoms with Crippen LogP contribution in [0.25, 0.3) is 10.6 Å². The molecule has 1 aliphatic rings. The second kappa shape index (κ2) is 9.18. The number of thiazole rings is 1. The van der Waals surface area contributed by atoms with E-state index in [2.05, 4.69) is 25.3 Å². The third-order valence-electron chi connectivity index (χ3n) is 5.96. The molecule has 8 nitrogen and oxygen atoms in total. The van der Waals surface area contributed by atoms with Crippen molar-refractivity contribution in [3.63, 3.8) is 0 Å². The number of anilines is 2. The van der Waals surface area contributed by atoms with Crippen molar-refractivity contribution in [3.8, 4) is 10.6 Å². The minimum atomic E-state index is -3.53. The number of nitrogens with zero attached hydrogens (tertiary/aromatic N) is 5. The van der Waals surface area contributed by atoms with Gasteiger partial charge in [0.15, 0.2) is 9.84 Å². The van der Waals surface area contributed by atoms with Crippen LogP contribution in [-0.2, 0) is 22.7 Å². The van der Waals surface area contributed by atoms with E-state index in [1.165, 1.54) is 17.6 Å². The zero-order chi connectivity index (χ0) is 25.6. The van der Waals surface area contributed by atoms with Gasteiger partial charge in [-0.25, -0.2) is 13.4 Å². The van der Waals surface area contributed by atoms with Gasteiger partial charge in [-0.05, 0) is 52.0 Å². The van der Waals surface area contributed by atoms with E-state index < -0.39 is 9.84 Å². The minimum Gasteiger partial charge on any atom is -0.353 e. The molecule has 5 rings (SSSR count). The molecule has 184 valence electrons. The summed E-state index contributed by atoms with van der Waals surface area (Å²) in [6, 6.07) is 7.27. The van der Waals surface area contributed by atoms with Crippen LogP contribution in [0.2, 0.25) is 0 Å². The van der Waals surface area contributed by atoms with Crippen molar-refractivity contribution < 1.29 is 8.42 Å². The molecule has 3 aromatic heterocycles. The van der Waals surface area contributed by atoms with Crippen molar-refractivity contribution in [1.82, 2.24) is 19.9 Å². The smallest absolute Gasteiger partial charge is 0.177 e. The lowest BCUT2D eigenvalue weighted by atomic mass is 10.1. The monoisotopic (exact) mass is 518 g/mol. The lowest BCUT2D eigenvalue weighted by Gasteiger charge is -2.15. The molecule has 0 atom stereocenters. The van der Waals surface area contributed by atoms with Crippen LogP contribution in [0.1, 0.15) is 41.1 Å². The summed E-state index contributed by atoms with van der Waals surface area (Å²) >= 11 is 1.49. The second-order valence-electron chi connectivity index (χ2n) is 9.09. The van der Waals surface area contributed by atoms with E-state index in [1.54, 1.807) is 18.3 Å². The molecule has 0 amide bonds. The van der Waals surface area contributed by atoms with Gasteiger partial charge < -0.3 is 5.32 Å². The van der Waals surface area contributed by atoms with Crippen molar-refractivity contribution in [2.45, 2.75) is 45.4 Å². The zero-order valence-corrected chi connectivity index (χ0v) is 22.4. The first kappa shape index (κ1) is 24.2. The summed E-state index contributed by atoms with van der Waals surface area (Å²) in [5, 5.41) is 6.08. The largest absolute Gasteiger partial charge is 0.353 e. The summed E-state index contributed by atoms with van der Waals surface area (Å²) in [6.45, 7) is 7.76. The number of aromatic nitrogens is 4. The van der Waals surface area contributed by atoms with Gasteiger partial charge in [0.1, 0.15) is 10.7 Å². The Morgan fingerprint density at radius 1 is 0.972 bits per heavy atom. The Morgan fingerprint density at radius 2 is 1.78 bits per heavy atom. The number of aryl methyl sites for hydroxylation is 3. The van der Waals surface area contributed by atoms with Gasteiger partial charge in [-0.3, -0.25) is 19.9 Å². The summed E-state index contributed by atoms with van der Waals surface area (Å²) in [4.78, 5) is 23.3. The highest BCUT2D eigenvalue weighted by Crippen LogP contribution is 2.38. The quantitative estimate of drug-likeness (QED) is 0.368. The van der Waals surface area contributed by atoms with Crippen LogP contribution in [-0.4, -0.2) is 40.3 Å². The maximum atomic E-state index is 12.8. The zero-order valence-electron chi connectivity index (χ0n) is 20.7. The van der Waals surface area contributed by atoms with E-state index in [9.17, 15) is 8.42 Å². The number of nitrogens with one attached hydrogen (secondary N) is 1. The van der Waals surface area contributed by atoms with Crippen molar-refractivity contribution in [2.24, 2.45) is 4.99 Å². The van der Waals surface area contributed by atoms with Gasteiger partial charge in [-0.1, -0.05) is 0 Å². The average molecular weight is 519 g/mol. The lowest BCUT2D eigenvalue weighted by molar-refractivity contribution is 0.602. The SMILES string of the molecule is CC1=Nc2c(Nc3ccc(-c4nc(C)cs4)cc3S(C)(=O)=O)cc(Cc3cnc(C)c(C)n3)nc2C1. The molecule has 0 radical (unpaired) electrons. The number of fused-ring (bicyclic) bond motifs is 1. The summed E-state index contributed by atoms with van der Waals surface area (Å²) in [7, 11) is -3.53. The molecule has 0 aliphatic carbocycles. The summed E-state index contributed by atoms with van der Waals surface area (Å²) in [5.74, 6) is 0. The third kappa shape index (κ3) is 4.91. The number of benzene rings is 1. The lowest BCUT2D eigenvalue weighted by Crippen LogP contribution is -2.06. The summed E-state index contributed by atoms with van der Waals surface area (Å²) in [5.41, 5.74) is 8.85. The van der Waals surface area contributed by atoms with E-state index in [1.807, 2.05) is 45.2 Å². The van der Waals surface area contributed by atoms with Crippen molar-refractivity contribution in [1.29, 1.82) is 0 Å². The molecule has 36 heavy (non-hydrogen) atoms. The normalized spacial score (nSPS) is 13.0. The molecule has 10 heteroatoms. The molecular formula is C26H26N6O2S2. The Labute approximate surface area is 214 Å². The molecule has 1 aromatic carbocycles. The van der Waals surface area contributed by atoms with Crippen LogP contribution in [0.5, 0.6) is 0 Å². The molecule has 0 spiro atoms. The molecule has 0 fully saturated rings. The number of pyridine rings is 1. The van der Waals surface area contributed by atoms with Crippen molar-refractivity contribution >= 4 is 43.9 Å². The van der Waals surface area contributed by atoms with Crippen LogP contribution in [0, 0.1) is 20.8 Å². The predicted octanol–water partition coefficient (Wildman–Crippen LogP) is 5.31. The Balaban J connectivity index is 1.56. The third-order valence-corrected chi connectivity index (χ3v) is 8.11. The standard InChI is InChI=1S/C26H26N6O2S2/c1-14-8-22-25(28-14)23(11-19(31-22)10-20-12-27-16(3)17(4)30-20)32-21-7-6-18(9-24(21)36(5,33)34)26-29-15(2)13-35-26/h6-7,9,11-13H,8,10H2,1-5H3,(H,31,32). The van der Waals surface area contributed by atoms with Gasteiger partial charge in [-0.15, -0.1) is 11.3 Å². The first-order valence-electron chi connectivity index (χ1n) is 11.5. The molecule has 0 saturated heterocycles.